The van der Waals surface area contributed by atoms with E-state index in [0.29, 0.717) is 22.9 Å². The maximum atomic E-state index is 13.1. The summed E-state index contributed by atoms with van der Waals surface area (Å²) in [5.41, 5.74) is 4.02. The molecule has 35 heavy (non-hydrogen) atoms. The lowest BCUT2D eigenvalue weighted by Crippen LogP contribution is -2.50. The maximum Gasteiger partial charge on any atom is 0.255 e. The SMILES string of the molecule is COc1ccc(Cl)cc1C(=O)NCC(c1ccc(N(C)C)cc1)N1CCN(c2ccccc2)CC1. The number of hydrogen-bond donors (Lipinski definition) is 1. The first kappa shape index (κ1) is 24.9. The summed E-state index contributed by atoms with van der Waals surface area (Å²) in [6, 6.07) is 24.2. The Morgan fingerprint density at radius 1 is 1.00 bits per heavy atom. The van der Waals surface area contributed by atoms with E-state index in [0.717, 1.165) is 31.9 Å². The van der Waals surface area contributed by atoms with Gasteiger partial charge in [0, 0.05) is 63.2 Å². The molecule has 0 bridgehead atoms. The number of carbonyl (C=O) groups is 1. The Morgan fingerprint density at radius 2 is 1.69 bits per heavy atom. The first-order valence-corrected chi connectivity index (χ1v) is 12.3. The standard InChI is InChI=1S/C28H33ClN4O2/c1-31(2)23-12-9-21(10-13-23)26(20-30-28(34)25-19-22(29)11-14-27(25)35-3)33-17-15-32(16-18-33)24-7-5-4-6-8-24/h4-14,19,26H,15-18,20H2,1-3H3,(H,30,34). The van der Waals surface area contributed by atoms with E-state index in [4.69, 9.17) is 16.3 Å². The highest BCUT2D eigenvalue weighted by atomic mass is 35.5. The van der Waals surface area contributed by atoms with Crippen LogP contribution in [-0.2, 0) is 0 Å². The highest BCUT2D eigenvalue weighted by molar-refractivity contribution is 6.31. The summed E-state index contributed by atoms with van der Waals surface area (Å²) < 4.78 is 5.38. The summed E-state index contributed by atoms with van der Waals surface area (Å²) >= 11 is 6.15. The van der Waals surface area contributed by atoms with Crippen molar-refractivity contribution in [2.75, 3.05) is 63.7 Å². The zero-order chi connectivity index (χ0) is 24.8. The number of ether oxygens (including phenoxy) is 1. The van der Waals surface area contributed by atoms with Gasteiger partial charge < -0.3 is 19.9 Å². The number of rotatable bonds is 8. The molecule has 1 amide bonds. The van der Waals surface area contributed by atoms with Crippen molar-refractivity contribution in [1.29, 1.82) is 0 Å². The Labute approximate surface area is 213 Å². The number of amides is 1. The number of nitrogens with zero attached hydrogens (tertiary/aromatic N) is 3. The molecule has 0 aliphatic carbocycles. The maximum absolute atomic E-state index is 13.1. The second-order valence-electron chi connectivity index (χ2n) is 8.91. The summed E-state index contributed by atoms with van der Waals surface area (Å²) in [5.74, 6) is 0.317. The monoisotopic (exact) mass is 492 g/mol. The van der Waals surface area contributed by atoms with Gasteiger partial charge in [-0.2, -0.15) is 0 Å². The van der Waals surface area contributed by atoms with Gasteiger partial charge in [0.05, 0.1) is 18.7 Å². The molecule has 1 unspecified atom stereocenters. The molecular weight excluding hydrogens is 460 g/mol. The third-order valence-electron chi connectivity index (χ3n) is 6.53. The Kier molecular flexibility index (Phi) is 8.16. The van der Waals surface area contributed by atoms with Gasteiger partial charge in [-0.1, -0.05) is 41.9 Å². The van der Waals surface area contributed by atoms with E-state index in [9.17, 15) is 4.79 Å². The molecule has 6 nitrogen and oxygen atoms in total. The van der Waals surface area contributed by atoms with Crippen LogP contribution in [0, 0.1) is 0 Å². The number of piperazine rings is 1. The molecule has 0 saturated carbocycles. The molecule has 1 aliphatic heterocycles. The lowest BCUT2D eigenvalue weighted by molar-refractivity contribution is 0.0927. The zero-order valence-electron chi connectivity index (χ0n) is 20.6. The van der Waals surface area contributed by atoms with Gasteiger partial charge in [-0.3, -0.25) is 9.69 Å². The number of methoxy groups -OCH3 is 1. The zero-order valence-corrected chi connectivity index (χ0v) is 21.3. The predicted molar refractivity (Wildman–Crippen MR) is 144 cm³/mol. The molecule has 1 heterocycles. The summed E-state index contributed by atoms with van der Waals surface area (Å²) in [5, 5.41) is 3.64. The number of halogens is 1. The molecule has 3 aromatic carbocycles. The summed E-state index contributed by atoms with van der Waals surface area (Å²) in [7, 11) is 5.63. The van der Waals surface area contributed by atoms with Crippen LogP contribution in [0.5, 0.6) is 5.75 Å². The quantitative estimate of drug-likeness (QED) is 0.493. The lowest BCUT2D eigenvalue weighted by Gasteiger charge is -2.40. The van der Waals surface area contributed by atoms with Crippen molar-refractivity contribution in [3.05, 3.63) is 88.9 Å². The largest absolute Gasteiger partial charge is 0.496 e. The van der Waals surface area contributed by atoms with E-state index in [1.165, 1.54) is 11.3 Å². The van der Waals surface area contributed by atoms with Crippen molar-refractivity contribution in [1.82, 2.24) is 10.2 Å². The summed E-state index contributed by atoms with van der Waals surface area (Å²) in [6.07, 6.45) is 0. The third-order valence-corrected chi connectivity index (χ3v) is 6.77. The van der Waals surface area contributed by atoms with Crippen LogP contribution in [0.15, 0.2) is 72.8 Å². The Morgan fingerprint density at radius 3 is 2.31 bits per heavy atom. The number of anilines is 2. The van der Waals surface area contributed by atoms with E-state index in [1.54, 1.807) is 25.3 Å². The van der Waals surface area contributed by atoms with Gasteiger partial charge in [0.25, 0.3) is 5.91 Å². The number of benzene rings is 3. The number of hydrogen-bond acceptors (Lipinski definition) is 5. The van der Waals surface area contributed by atoms with E-state index in [2.05, 4.69) is 68.5 Å². The number of nitrogens with one attached hydrogen (secondary N) is 1. The van der Waals surface area contributed by atoms with Crippen LogP contribution in [0.2, 0.25) is 5.02 Å². The summed E-state index contributed by atoms with van der Waals surface area (Å²) in [6.45, 7) is 4.18. The number of carbonyl (C=O) groups excluding carboxylic acids is 1. The molecule has 4 rings (SSSR count). The normalized spacial score (nSPS) is 14.9. The molecule has 7 heteroatoms. The van der Waals surface area contributed by atoms with Crippen LogP contribution in [-0.4, -0.2) is 64.7 Å². The molecule has 1 fully saturated rings. The van der Waals surface area contributed by atoms with Gasteiger partial charge in [0.15, 0.2) is 0 Å². The Bertz CT molecular complexity index is 1110. The second kappa shape index (κ2) is 11.5. The fraction of sp³-hybridized carbons (Fsp3) is 0.321. The van der Waals surface area contributed by atoms with E-state index in [1.807, 2.05) is 20.2 Å². The van der Waals surface area contributed by atoms with Crippen LogP contribution in [0.25, 0.3) is 0 Å². The minimum Gasteiger partial charge on any atom is -0.496 e. The highest BCUT2D eigenvalue weighted by Gasteiger charge is 2.26. The van der Waals surface area contributed by atoms with Gasteiger partial charge in [-0.15, -0.1) is 0 Å². The van der Waals surface area contributed by atoms with Gasteiger partial charge in [0.1, 0.15) is 5.75 Å². The molecule has 1 saturated heterocycles. The molecule has 0 aromatic heterocycles. The fourth-order valence-corrected chi connectivity index (χ4v) is 4.70. The topological polar surface area (TPSA) is 48.1 Å². The van der Waals surface area contributed by atoms with E-state index in [-0.39, 0.29) is 11.9 Å². The van der Waals surface area contributed by atoms with Crippen LogP contribution in [0.3, 0.4) is 0 Å². The molecular formula is C28H33ClN4O2. The van der Waals surface area contributed by atoms with Crippen LogP contribution in [0.4, 0.5) is 11.4 Å². The van der Waals surface area contributed by atoms with Gasteiger partial charge in [0.2, 0.25) is 0 Å². The van der Waals surface area contributed by atoms with Crippen LogP contribution < -0.4 is 19.9 Å². The first-order valence-electron chi connectivity index (χ1n) is 11.9. The van der Waals surface area contributed by atoms with Crippen molar-refractivity contribution in [2.24, 2.45) is 0 Å². The average molecular weight is 493 g/mol. The van der Waals surface area contributed by atoms with E-state index < -0.39 is 0 Å². The molecule has 1 N–H and O–H groups in total. The van der Waals surface area contributed by atoms with Crippen LogP contribution >= 0.6 is 11.6 Å². The van der Waals surface area contributed by atoms with Crippen LogP contribution in [0.1, 0.15) is 22.0 Å². The average Bonchev–Trinajstić information content (AvgIpc) is 2.90. The minimum atomic E-state index is -0.192. The van der Waals surface area contributed by atoms with Crippen molar-refractivity contribution >= 4 is 28.9 Å². The molecule has 0 spiro atoms. The first-order chi connectivity index (χ1) is 17.0. The molecule has 1 atom stereocenters. The second-order valence-corrected chi connectivity index (χ2v) is 9.35. The minimum absolute atomic E-state index is 0.0539. The van der Waals surface area contributed by atoms with Crippen molar-refractivity contribution in [3.8, 4) is 5.75 Å². The van der Waals surface area contributed by atoms with Gasteiger partial charge >= 0.3 is 0 Å². The number of para-hydroxylation sites is 1. The highest BCUT2D eigenvalue weighted by Crippen LogP contribution is 2.27. The third kappa shape index (κ3) is 6.08. The Balaban J connectivity index is 1.51. The van der Waals surface area contributed by atoms with Gasteiger partial charge in [-0.25, -0.2) is 0 Å². The van der Waals surface area contributed by atoms with Crippen molar-refractivity contribution in [2.45, 2.75) is 6.04 Å². The molecule has 0 radical (unpaired) electrons. The summed E-state index contributed by atoms with van der Waals surface area (Å²) in [4.78, 5) is 20.1. The van der Waals surface area contributed by atoms with Crippen molar-refractivity contribution in [3.63, 3.8) is 0 Å². The smallest absolute Gasteiger partial charge is 0.255 e. The van der Waals surface area contributed by atoms with Gasteiger partial charge in [-0.05, 0) is 48.0 Å². The molecule has 184 valence electrons. The predicted octanol–water partition coefficient (Wildman–Crippen LogP) is 4.71. The lowest BCUT2D eigenvalue weighted by atomic mass is 10.0. The fourth-order valence-electron chi connectivity index (χ4n) is 4.53. The Hall–Kier alpha value is -3.22. The van der Waals surface area contributed by atoms with E-state index >= 15 is 0 Å². The van der Waals surface area contributed by atoms with Crippen molar-refractivity contribution < 1.29 is 9.53 Å². The molecule has 3 aromatic rings. The molecule has 1 aliphatic rings.